The van der Waals surface area contributed by atoms with Gasteiger partial charge in [0, 0.05) is 4.88 Å². The molecule has 0 fully saturated rings. The summed E-state index contributed by atoms with van der Waals surface area (Å²) in [4.78, 5) is 25.4. The fourth-order valence-electron chi connectivity index (χ4n) is 2.08. The average molecular weight is 307 g/mol. The summed E-state index contributed by atoms with van der Waals surface area (Å²) in [7, 11) is 0. The Labute approximate surface area is 129 Å². The molecule has 0 saturated carbocycles. The molecule has 1 aliphatic heterocycles. The Hall–Kier alpha value is -1.62. The van der Waals surface area contributed by atoms with Gasteiger partial charge in [-0.1, -0.05) is 0 Å². The maximum Gasteiger partial charge on any atom is 0.316 e. The Bertz CT molecular complexity index is 632. The number of aryl methyl sites for hydroxylation is 1. The van der Waals surface area contributed by atoms with Gasteiger partial charge in [-0.25, -0.2) is 0 Å². The molecule has 0 saturated heterocycles. The van der Waals surface area contributed by atoms with Crippen LogP contribution in [0.1, 0.15) is 45.1 Å². The first-order chi connectivity index (χ1) is 9.54. The van der Waals surface area contributed by atoms with E-state index in [9.17, 15) is 9.59 Å². The first-order valence-corrected chi connectivity index (χ1v) is 7.76. The van der Waals surface area contributed by atoms with Gasteiger partial charge in [-0.3, -0.25) is 9.59 Å². The van der Waals surface area contributed by atoms with Crippen LogP contribution in [0.15, 0.2) is 17.2 Å². The normalized spacial score (nSPS) is 17.9. The molecule has 0 spiro atoms. The van der Waals surface area contributed by atoms with Crippen LogP contribution >= 0.6 is 11.3 Å². The largest absolute Gasteiger partial charge is 0.427 e. The highest BCUT2D eigenvalue weighted by atomic mass is 32.1. The monoisotopic (exact) mass is 307 g/mol. The molecule has 0 bridgehead atoms. The molecule has 5 heteroatoms. The minimum absolute atomic E-state index is 0.192. The number of hydrogen-bond acceptors (Lipinski definition) is 4. The number of nitrogens with one attached hydrogen (secondary N) is 1. The maximum absolute atomic E-state index is 12.3. The summed E-state index contributed by atoms with van der Waals surface area (Å²) in [6.07, 6.45) is 0. The smallest absolute Gasteiger partial charge is 0.316 e. The Kier molecular flexibility index (Phi) is 3.74. The van der Waals surface area contributed by atoms with E-state index in [1.807, 2.05) is 32.2 Å². The molecule has 0 aliphatic carbocycles. The number of rotatable bonds is 2. The van der Waals surface area contributed by atoms with E-state index in [1.165, 1.54) is 11.3 Å². The Balaban J connectivity index is 2.53. The molecule has 1 aromatic rings. The highest BCUT2D eigenvalue weighted by Gasteiger charge is 2.43. The molecule has 0 radical (unpaired) electrons. The number of carbonyl (C=O) groups is 2. The molecule has 21 heavy (non-hydrogen) atoms. The molecule has 1 amide bonds. The van der Waals surface area contributed by atoms with Crippen LogP contribution in [0.3, 0.4) is 0 Å². The predicted molar refractivity (Wildman–Crippen MR) is 83.7 cm³/mol. The van der Waals surface area contributed by atoms with Crippen molar-refractivity contribution in [2.45, 2.75) is 47.1 Å². The van der Waals surface area contributed by atoms with E-state index in [2.05, 4.69) is 5.32 Å². The molecular weight excluding hydrogens is 286 g/mol. The van der Waals surface area contributed by atoms with Gasteiger partial charge in [-0.05, 0) is 58.6 Å². The standard InChI is InChI=1S/C16H21NO3S/c1-9-7-8-21-11(9)10-12(16(5,6)17-13(10)18)20-14(19)15(2,3)4/h7-8H,1-6H3,(H,17,18). The number of ether oxygens (including phenoxy) is 1. The van der Waals surface area contributed by atoms with E-state index in [4.69, 9.17) is 4.74 Å². The van der Waals surface area contributed by atoms with Crippen molar-refractivity contribution in [3.05, 3.63) is 27.6 Å². The van der Waals surface area contributed by atoms with Crippen LogP contribution in [0.2, 0.25) is 0 Å². The second-order valence-electron chi connectivity index (χ2n) is 6.86. The first-order valence-electron chi connectivity index (χ1n) is 6.88. The summed E-state index contributed by atoms with van der Waals surface area (Å²) >= 11 is 1.48. The van der Waals surface area contributed by atoms with E-state index in [0.29, 0.717) is 11.3 Å². The van der Waals surface area contributed by atoms with Crippen LogP contribution in [0.5, 0.6) is 0 Å². The van der Waals surface area contributed by atoms with E-state index in [1.54, 1.807) is 20.8 Å². The third kappa shape index (κ3) is 2.88. The number of amides is 1. The molecule has 1 aromatic heterocycles. The van der Waals surface area contributed by atoms with E-state index >= 15 is 0 Å². The van der Waals surface area contributed by atoms with Crippen molar-refractivity contribution in [1.82, 2.24) is 5.32 Å². The van der Waals surface area contributed by atoms with Gasteiger partial charge in [0.15, 0.2) is 0 Å². The maximum atomic E-state index is 12.3. The van der Waals surface area contributed by atoms with Gasteiger partial charge in [0.1, 0.15) is 5.76 Å². The van der Waals surface area contributed by atoms with E-state index in [0.717, 1.165) is 10.4 Å². The minimum Gasteiger partial charge on any atom is -0.427 e. The zero-order chi connectivity index (χ0) is 16.0. The van der Waals surface area contributed by atoms with Gasteiger partial charge in [0.25, 0.3) is 5.91 Å². The summed E-state index contributed by atoms with van der Waals surface area (Å²) in [5.74, 6) is -0.117. The molecule has 0 atom stereocenters. The summed E-state index contributed by atoms with van der Waals surface area (Å²) in [5.41, 5.74) is 0.172. The van der Waals surface area contributed by atoms with Crippen LogP contribution in [-0.2, 0) is 14.3 Å². The molecular formula is C16H21NO3S. The van der Waals surface area contributed by atoms with Crippen molar-refractivity contribution >= 4 is 28.8 Å². The Morgan fingerprint density at radius 1 is 1.33 bits per heavy atom. The van der Waals surface area contributed by atoms with Crippen LogP contribution in [0, 0.1) is 12.3 Å². The Morgan fingerprint density at radius 2 is 1.95 bits per heavy atom. The minimum atomic E-state index is -0.691. The van der Waals surface area contributed by atoms with Gasteiger partial charge in [0.2, 0.25) is 0 Å². The third-order valence-electron chi connectivity index (χ3n) is 3.34. The quantitative estimate of drug-likeness (QED) is 0.853. The SMILES string of the molecule is Cc1ccsc1C1=C(OC(=O)C(C)(C)C)C(C)(C)NC1=O. The van der Waals surface area contributed by atoms with Crippen LogP contribution < -0.4 is 5.32 Å². The first kappa shape index (κ1) is 15.8. The summed E-state index contributed by atoms with van der Waals surface area (Å²) in [6, 6.07) is 1.95. The zero-order valence-electron chi connectivity index (χ0n) is 13.3. The molecule has 1 aliphatic rings. The van der Waals surface area contributed by atoms with Crippen molar-refractivity contribution < 1.29 is 14.3 Å². The highest BCUT2D eigenvalue weighted by Crippen LogP contribution is 2.38. The fourth-order valence-corrected chi connectivity index (χ4v) is 3.04. The van der Waals surface area contributed by atoms with E-state index < -0.39 is 11.0 Å². The van der Waals surface area contributed by atoms with Gasteiger partial charge in [-0.15, -0.1) is 11.3 Å². The van der Waals surface area contributed by atoms with Crippen LogP contribution in [-0.4, -0.2) is 17.4 Å². The van der Waals surface area contributed by atoms with Gasteiger partial charge in [-0.2, -0.15) is 0 Å². The molecule has 2 rings (SSSR count). The lowest BCUT2D eigenvalue weighted by atomic mass is 9.96. The summed E-state index contributed by atoms with van der Waals surface area (Å²) in [6.45, 7) is 11.0. The average Bonchev–Trinajstić information content (AvgIpc) is 2.80. The molecule has 0 unspecified atom stereocenters. The van der Waals surface area contributed by atoms with Crippen LogP contribution in [0.25, 0.3) is 5.57 Å². The second-order valence-corrected chi connectivity index (χ2v) is 7.77. The third-order valence-corrected chi connectivity index (χ3v) is 4.38. The fraction of sp³-hybridized carbons (Fsp3) is 0.500. The lowest BCUT2D eigenvalue weighted by Crippen LogP contribution is -2.40. The predicted octanol–water partition coefficient (Wildman–Crippen LogP) is 3.27. The Morgan fingerprint density at radius 3 is 2.43 bits per heavy atom. The van der Waals surface area contributed by atoms with Crippen molar-refractivity contribution in [3.63, 3.8) is 0 Å². The number of carbonyl (C=O) groups excluding carboxylic acids is 2. The lowest BCUT2D eigenvalue weighted by molar-refractivity contribution is -0.149. The second kappa shape index (κ2) is 4.98. The van der Waals surface area contributed by atoms with Crippen molar-refractivity contribution in [2.24, 2.45) is 5.41 Å². The van der Waals surface area contributed by atoms with Crippen molar-refractivity contribution in [2.75, 3.05) is 0 Å². The lowest BCUT2D eigenvalue weighted by Gasteiger charge is -2.25. The molecule has 1 N–H and O–H groups in total. The molecule has 0 aromatic carbocycles. The number of esters is 1. The van der Waals surface area contributed by atoms with Crippen LogP contribution in [0.4, 0.5) is 0 Å². The summed E-state index contributed by atoms with van der Waals surface area (Å²) in [5, 5.41) is 4.81. The van der Waals surface area contributed by atoms with Crippen molar-refractivity contribution in [1.29, 1.82) is 0 Å². The molecule has 2 heterocycles. The van der Waals surface area contributed by atoms with Crippen molar-refractivity contribution in [3.8, 4) is 0 Å². The number of thiophene rings is 1. The van der Waals surface area contributed by atoms with Gasteiger partial charge < -0.3 is 10.1 Å². The summed E-state index contributed by atoms with van der Waals surface area (Å²) < 4.78 is 5.62. The molecule has 114 valence electrons. The van der Waals surface area contributed by atoms with E-state index in [-0.39, 0.29) is 11.9 Å². The zero-order valence-corrected chi connectivity index (χ0v) is 14.1. The van der Waals surface area contributed by atoms with Gasteiger partial charge in [0.05, 0.1) is 16.5 Å². The highest BCUT2D eigenvalue weighted by molar-refractivity contribution is 7.11. The topological polar surface area (TPSA) is 55.4 Å². The number of hydrogen-bond donors (Lipinski definition) is 1. The van der Waals surface area contributed by atoms with Gasteiger partial charge >= 0.3 is 5.97 Å². The molecule has 4 nitrogen and oxygen atoms in total.